The van der Waals surface area contributed by atoms with Crippen LogP contribution >= 0.6 is 11.6 Å². The predicted octanol–water partition coefficient (Wildman–Crippen LogP) is 2.68. The van der Waals surface area contributed by atoms with Gasteiger partial charge in [-0.05, 0) is 12.1 Å². The average molecular weight is 326 g/mol. The quantitative estimate of drug-likeness (QED) is 0.576. The van der Waals surface area contributed by atoms with Crippen LogP contribution in [0.2, 0.25) is 5.02 Å². The lowest BCUT2D eigenvalue weighted by Gasteiger charge is -2.04. The summed E-state index contributed by atoms with van der Waals surface area (Å²) in [4.78, 5) is 16.9. The topological polar surface area (TPSA) is 106 Å². The van der Waals surface area contributed by atoms with E-state index in [4.69, 9.17) is 11.6 Å². The first-order valence-corrected chi connectivity index (χ1v) is 8.00. The van der Waals surface area contributed by atoms with Gasteiger partial charge in [0.1, 0.15) is 5.52 Å². The third kappa shape index (κ3) is 2.03. The van der Waals surface area contributed by atoms with Crippen molar-refractivity contribution in [1.29, 1.82) is 0 Å². The molecule has 7 nitrogen and oxygen atoms in total. The number of nitrogens with zero attached hydrogens (tertiary/aromatic N) is 2. The van der Waals surface area contributed by atoms with Crippen molar-refractivity contribution in [2.24, 2.45) is 0 Å². The van der Waals surface area contributed by atoms with Gasteiger partial charge in [-0.2, -0.15) is 0 Å². The molecular formula is C12H8ClN3O4S. The largest absolute Gasteiger partial charge is 0.348 e. The predicted molar refractivity (Wildman–Crippen MR) is 78.4 cm³/mol. The lowest BCUT2D eigenvalue weighted by molar-refractivity contribution is -0.386. The molecule has 3 aromatic rings. The van der Waals surface area contributed by atoms with Crippen molar-refractivity contribution in [2.75, 3.05) is 6.26 Å². The molecule has 0 saturated heterocycles. The van der Waals surface area contributed by atoms with Crippen molar-refractivity contribution in [3.63, 3.8) is 0 Å². The summed E-state index contributed by atoms with van der Waals surface area (Å²) in [6, 6.07) is 3.09. The summed E-state index contributed by atoms with van der Waals surface area (Å²) in [5.74, 6) is 0. The van der Waals surface area contributed by atoms with Crippen LogP contribution in [0.25, 0.3) is 21.8 Å². The van der Waals surface area contributed by atoms with Crippen molar-refractivity contribution >= 4 is 48.9 Å². The number of aromatic nitrogens is 2. The van der Waals surface area contributed by atoms with Crippen LogP contribution in [0.5, 0.6) is 0 Å². The Balaban J connectivity index is 2.63. The summed E-state index contributed by atoms with van der Waals surface area (Å²) >= 11 is 5.98. The Morgan fingerprint density at radius 3 is 2.71 bits per heavy atom. The van der Waals surface area contributed by atoms with E-state index in [0.717, 1.165) is 6.26 Å². The van der Waals surface area contributed by atoms with E-state index < -0.39 is 25.3 Å². The summed E-state index contributed by atoms with van der Waals surface area (Å²) in [7, 11) is -3.85. The van der Waals surface area contributed by atoms with Gasteiger partial charge in [-0.15, -0.1) is 0 Å². The van der Waals surface area contributed by atoms with Crippen LogP contribution in [0.3, 0.4) is 0 Å². The Labute approximate surface area is 123 Å². The highest BCUT2D eigenvalue weighted by Gasteiger charge is 2.30. The molecule has 3 rings (SSSR count). The van der Waals surface area contributed by atoms with Crippen LogP contribution in [0.4, 0.5) is 5.69 Å². The van der Waals surface area contributed by atoms with Crippen molar-refractivity contribution in [1.82, 2.24) is 9.97 Å². The first-order chi connectivity index (χ1) is 9.80. The van der Waals surface area contributed by atoms with Crippen LogP contribution in [0.15, 0.2) is 29.4 Å². The van der Waals surface area contributed by atoms with Gasteiger partial charge in [0.15, 0.2) is 14.7 Å². The second kappa shape index (κ2) is 4.40. The van der Waals surface area contributed by atoms with E-state index in [2.05, 4.69) is 9.97 Å². The van der Waals surface area contributed by atoms with Gasteiger partial charge in [0.2, 0.25) is 0 Å². The van der Waals surface area contributed by atoms with Crippen LogP contribution in [-0.4, -0.2) is 29.6 Å². The molecule has 1 aromatic carbocycles. The highest BCUT2D eigenvalue weighted by molar-refractivity contribution is 7.91. The molecule has 0 aliphatic rings. The van der Waals surface area contributed by atoms with E-state index in [1.165, 1.54) is 12.3 Å². The molecule has 2 heterocycles. The molecule has 0 aliphatic carbocycles. The normalized spacial score (nSPS) is 12.1. The van der Waals surface area contributed by atoms with Crippen molar-refractivity contribution < 1.29 is 13.3 Å². The number of hydrogen-bond acceptors (Lipinski definition) is 5. The van der Waals surface area contributed by atoms with Gasteiger partial charge in [0, 0.05) is 23.2 Å². The number of nitrogens with one attached hydrogen (secondary N) is 1. The number of fused-ring (bicyclic) bond motifs is 3. The smallest absolute Gasteiger partial charge is 0.313 e. The van der Waals surface area contributed by atoms with Crippen molar-refractivity contribution in [2.45, 2.75) is 4.90 Å². The van der Waals surface area contributed by atoms with Crippen molar-refractivity contribution in [3.8, 4) is 0 Å². The number of hydrogen-bond donors (Lipinski definition) is 1. The van der Waals surface area contributed by atoms with E-state index in [1.807, 2.05) is 0 Å². The molecule has 2 aromatic heterocycles. The first-order valence-electron chi connectivity index (χ1n) is 5.73. The molecule has 0 amide bonds. The number of nitro groups is 1. The number of nitro benzene ring substituents is 1. The molecule has 0 radical (unpaired) electrons. The minimum absolute atomic E-state index is 0.118. The number of benzene rings is 1. The second-order valence-corrected chi connectivity index (χ2v) is 6.89. The minimum Gasteiger partial charge on any atom is -0.348 e. The summed E-state index contributed by atoms with van der Waals surface area (Å²) in [5.41, 5.74) is 0.140. The van der Waals surface area contributed by atoms with Gasteiger partial charge < -0.3 is 4.98 Å². The van der Waals surface area contributed by atoms with E-state index in [1.54, 1.807) is 12.3 Å². The van der Waals surface area contributed by atoms with E-state index in [0.29, 0.717) is 16.3 Å². The molecule has 0 saturated carbocycles. The molecule has 21 heavy (non-hydrogen) atoms. The van der Waals surface area contributed by atoms with Gasteiger partial charge in [0.05, 0.1) is 21.7 Å². The average Bonchev–Trinajstić information content (AvgIpc) is 2.74. The zero-order valence-corrected chi connectivity index (χ0v) is 12.2. The number of rotatable bonds is 2. The fraction of sp³-hybridized carbons (Fsp3) is 0.0833. The summed E-state index contributed by atoms with van der Waals surface area (Å²) < 4.78 is 23.6. The number of halogens is 1. The maximum absolute atomic E-state index is 11.8. The molecule has 0 atom stereocenters. The Hall–Kier alpha value is -2.19. The zero-order chi connectivity index (χ0) is 15.4. The maximum Gasteiger partial charge on any atom is 0.313 e. The molecule has 1 N–H and O–H groups in total. The monoisotopic (exact) mass is 325 g/mol. The number of aromatic amines is 1. The van der Waals surface area contributed by atoms with Gasteiger partial charge in [-0.3, -0.25) is 15.1 Å². The first kappa shape index (κ1) is 13.8. The third-order valence-corrected chi connectivity index (χ3v) is 4.70. The Bertz CT molecular complexity index is 1010. The second-order valence-electron chi connectivity index (χ2n) is 4.53. The lowest BCUT2D eigenvalue weighted by atomic mass is 10.1. The number of H-pyrrole nitrogens is 1. The van der Waals surface area contributed by atoms with Gasteiger partial charge in [-0.1, -0.05) is 11.6 Å². The van der Waals surface area contributed by atoms with E-state index in [-0.39, 0.29) is 10.5 Å². The van der Waals surface area contributed by atoms with Gasteiger partial charge in [0.25, 0.3) is 0 Å². The molecule has 0 fully saturated rings. The number of pyridine rings is 1. The SMILES string of the molecule is CS(=O)(=O)c1c(Cl)cc2c([nH]c3cnccc32)c1[N+](=O)[O-]. The molecule has 108 valence electrons. The van der Waals surface area contributed by atoms with Gasteiger partial charge >= 0.3 is 5.69 Å². The standard InChI is InChI=1S/C12H8ClN3O4S/c1-21(19,20)12-8(13)4-7-6-2-3-14-5-9(6)15-10(7)11(12)16(17)18/h2-5,15H,1H3. The van der Waals surface area contributed by atoms with Gasteiger partial charge in [-0.25, -0.2) is 8.42 Å². The molecule has 0 bridgehead atoms. The third-order valence-electron chi connectivity index (χ3n) is 3.13. The van der Waals surface area contributed by atoms with Crippen molar-refractivity contribution in [3.05, 3.63) is 39.7 Å². The van der Waals surface area contributed by atoms with Crippen LogP contribution in [0, 0.1) is 10.1 Å². The molecule has 9 heteroatoms. The fourth-order valence-electron chi connectivity index (χ4n) is 2.35. The summed E-state index contributed by atoms with van der Waals surface area (Å²) in [5, 5.41) is 12.4. The van der Waals surface area contributed by atoms with Crippen LogP contribution < -0.4 is 0 Å². The highest BCUT2D eigenvalue weighted by Crippen LogP contribution is 2.40. The maximum atomic E-state index is 11.8. The highest BCUT2D eigenvalue weighted by atomic mass is 35.5. The Morgan fingerprint density at radius 1 is 1.38 bits per heavy atom. The Kier molecular flexibility index (Phi) is 2.89. The summed E-state index contributed by atoms with van der Waals surface area (Å²) in [6.45, 7) is 0. The molecular weight excluding hydrogens is 318 g/mol. The molecule has 0 aliphatic heterocycles. The lowest BCUT2D eigenvalue weighted by Crippen LogP contribution is -2.04. The van der Waals surface area contributed by atoms with Crippen LogP contribution in [-0.2, 0) is 9.84 Å². The molecule has 0 unspecified atom stereocenters. The summed E-state index contributed by atoms with van der Waals surface area (Å²) in [6.07, 6.45) is 3.93. The van der Waals surface area contributed by atoms with Crippen LogP contribution in [0.1, 0.15) is 0 Å². The molecule has 0 spiro atoms. The zero-order valence-electron chi connectivity index (χ0n) is 10.6. The minimum atomic E-state index is -3.85. The Morgan fingerprint density at radius 2 is 2.10 bits per heavy atom. The fourth-order valence-corrected chi connectivity index (χ4v) is 3.91. The van der Waals surface area contributed by atoms with E-state index >= 15 is 0 Å². The number of sulfone groups is 1. The van der Waals surface area contributed by atoms with E-state index in [9.17, 15) is 18.5 Å².